The molecule has 0 saturated carbocycles. The maximum Gasteiger partial charge on any atom is 0.129 e. The summed E-state index contributed by atoms with van der Waals surface area (Å²) in [6.45, 7) is 5.62. The average molecular weight is 154 g/mol. The van der Waals surface area contributed by atoms with Crippen molar-refractivity contribution in [2.75, 3.05) is 0 Å². The van der Waals surface area contributed by atoms with Crippen LogP contribution in [-0.4, -0.2) is 4.98 Å². The molecule has 0 aliphatic heterocycles. The van der Waals surface area contributed by atoms with Crippen LogP contribution in [0, 0.1) is 6.92 Å². The first-order valence-corrected chi connectivity index (χ1v) is 3.36. The van der Waals surface area contributed by atoms with Crippen molar-refractivity contribution in [2.24, 2.45) is 0 Å². The second kappa shape index (κ2) is 2.84. The Hall–Kier alpha value is -0.820. The van der Waals surface area contributed by atoms with E-state index in [0.29, 0.717) is 5.15 Å². The van der Waals surface area contributed by atoms with Crippen molar-refractivity contribution in [3.8, 4) is 0 Å². The van der Waals surface area contributed by atoms with Crippen LogP contribution in [0.4, 0.5) is 0 Å². The number of halogens is 1. The van der Waals surface area contributed by atoms with E-state index in [0.717, 1.165) is 11.1 Å². The molecule has 1 aromatic rings. The second-order valence-electron chi connectivity index (χ2n) is 2.07. The van der Waals surface area contributed by atoms with E-state index in [2.05, 4.69) is 11.6 Å². The van der Waals surface area contributed by atoms with Crippen LogP contribution in [0.25, 0.3) is 6.08 Å². The number of hydrogen-bond donors (Lipinski definition) is 0. The molecule has 0 unspecified atom stereocenters. The lowest BCUT2D eigenvalue weighted by Crippen LogP contribution is -1.82. The second-order valence-corrected chi connectivity index (χ2v) is 2.45. The van der Waals surface area contributed by atoms with Crippen LogP contribution in [0.2, 0.25) is 5.15 Å². The van der Waals surface area contributed by atoms with Crippen molar-refractivity contribution in [2.45, 2.75) is 6.92 Å². The molecule has 0 N–H and O–H groups in total. The van der Waals surface area contributed by atoms with Gasteiger partial charge in [0.25, 0.3) is 0 Å². The van der Waals surface area contributed by atoms with Gasteiger partial charge < -0.3 is 0 Å². The molecule has 52 valence electrons. The fourth-order valence-corrected chi connectivity index (χ4v) is 0.958. The molecule has 0 aromatic carbocycles. The van der Waals surface area contributed by atoms with Gasteiger partial charge in [0.1, 0.15) is 5.15 Å². The van der Waals surface area contributed by atoms with E-state index in [1.165, 1.54) is 0 Å². The summed E-state index contributed by atoms with van der Waals surface area (Å²) in [5, 5.41) is 0.531. The van der Waals surface area contributed by atoms with Gasteiger partial charge in [0.05, 0.1) is 0 Å². The van der Waals surface area contributed by atoms with Crippen LogP contribution < -0.4 is 0 Å². The lowest BCUT2D eigenvalue weighted by molar-refractivity contribution is 1.27. The normalized spacial score (nSPS) is 9.40. The third-order valence-electron chi connectivity index (χ3n) is 1.34. The summed E-state index contributed by atoms with van der Waals surface area (Å²) in [7, 11) is 0. The van der Waals surface area contributed by atoms with Gasteiger partial charge in [0, 0.05) is 6.20 Å². The fraction of sp³-hybridized carbons (Fsp3) is 0.125. The van der Waals surface area contributed by atoms with E-state index in [1.807, 2.05) is 13.0 Å². The molecule has 1 rings (SSSR count). The predicted octanol–water partition coefficient (Wildman–Crippen LogP) is 2.69. The summed E-state index contributed by atoms with van der Waals surface area (Å²) < 4.78 is 0. The first kappa shape index (κ1) is 7.29. The summed E-state index contributed by atoms with van der Waals surface area (Å²) in [6, 6.07) is 1.82. The molecule has 0 amide bonds. The summed E-state index contributed by atoms with van der Waals surface area (Å²) in [6.07, 6.45) is 3.48. The first-order valence-electron chi connectivity index (χ1n) is 2.98. The zero-order valence-corrected chi connectivity index (χ0v) is 6.52. The van der Waals surface area contributed by atoms with Crippen molar-refractivity contribution in [1.29, 1.82) is 0 Å². The van der Waals surface area contributed by atoms with Crippen molar-refractivity contribution in [3.05, 3.63) is 35.1 Å². The molecule has 1 nitrogen and oxygen atoms in total. The summed E-state index contributed by atoms with van der Waals surface area (Å²) in [5.74, 6) is 0. The van der Waals surface area contributed by atoms with Gasteiger partial charge in [-0.3, -0.25) is 0 Å². The Morgan fingerprint density at radius 1 is 1.70 bits per heavy atom. The average Bonchev–Trinajstić information content (AvgIpc) is 1.88. The van der Waals surface area contributed by atoms with Crippen molar-refractivity contribution in [1.82, 2.24) is 4.98 Å². The minimum absolute atomic E-state index is 0.531. The maximum atomic E-state index is 5.63. The Labute approximate surface area is 65.4 Å². The Kier molecular flexibility index (Phi) is 2.07. The highest BCUT2D eigenvalue weighted by atomic mass is 35.5. The van der Waals surface area contributed by atoms with E-state index in [4.69, 9.17) is 11.6 Å². The van der Waals surface area contributed by atoms with Crippen molar-refractivity contribution in [3.63, 3.8) is 0 Å². The summed E-state index contributed by atoms with van der Waals surface area (Å²) in [5.41, 5.74) is 2.14. The van der Waals surface area contributed by atoms with Crippen molar-refractivity contribution < 1.29 is 0 Å². The predicted molar refractivity (Wildman–Crippen MR) is 44.1 cm³/mol. The quantitative estimate of drug-likeness (QED) is 0.566. The molecule has 0 spiro atoms. The summed E-state index contributed by atoms with van der Waals surface area (Å²) in [4.78, 5) is 3.90. The zero-order chi connectivity index (χ0) is 7.56. The summed E-state index contributed by atoms with van der Waals surface area (Å²) >= 11 is 5.63. The Balaban J connectivity index is 3.19. The van der Waals surface area contributed by atoms with E-state index >= 15 is 0 Å². The van der Waals surface area contributed by atoms with Gasteiger partial charge in [-0.25, -0.2) is 4.98 Å². The highest BCUT2D eigenvalue weighted by molar-refractivity contribution is 6.29. The maximum absolute atomic E-state index is 5.63. The van der Waals surface area contributed by atoms with Crippen LogP contribution in [0.3, 0.4) is 0 Å². The monoisotopic (exact) mass is 153 g/mol. The topological polar surface area (TPSA) is 12.9 Å². The number of aryl methyl sites for hydroxylation is 1. The molecule has 0 aliphatic rings. The Bertz CT molecular complexity index is 255. The van der Waals surface area contributed by atoms with Crippen molar-refractivity contribution >= 4 is 17.7 Å². The van der Waals surface area contributed by atoms with Gasteiger partial charge in [0.15, 0.2) is 0 Å². The van der Waals surface area contributed by atoms with Gasteiger partial charge in [-0.15, -0.1) is 0 Å². The number of hydrogen-bond acceptors (Lipinski definition) is 1. The highest BCUT2D eigenvalue weighted by Gasteiger charge is 1.93. The van der Waals surface area contributed by atoms with E-state index < -0.39 is 0 Å². The largest absolute Gasteiger partial charge is 0.244 e. The Morgan fingerprint density at radius 2 is 2.40 bits per heavy atom. The molecular formula is C8H8ClN. The van der Waals surface area contributed by atoms with Gasteiger partial charge in [-0.2, -0.15) is 0 Å². The number of nitrogens with zero attached hydrogens (tertiary/aromatic N) is 1. The molecule has 2 heteroatoms. The molecular weight excluding hydrogens is 146 g/mol. The zero-order valence-electron chi connectivity index (χ0n) is 5.76. The van der Waals surface area contributed by atoms with Crippen LogP contribution in [-0.2, 0) is 0 Å². The number of aromatic nitrogens is 1. The molecule has 0 aliphatic carbocycles. The molecule has 1 aromatic heterocycles. The van der Waals surface area contributed by atoms with Crippen LogP contribution >= 0.6 is 11.6 Å². The lowest BCUT2D eigenvalue weighted by Gasteiger charge is -1.97. The third-order valence-corrected chi connectivity index (χ3v) is 1.54. The minimum Gasteiger partial charge on any atom is -0.244 e. The third kappa shape index (κ3) is 1.36. The fourth-order valence-electron chi connectivity index (χ4n) is 0.746. The molecule has 0 radical (unpaired) electrons. The molecule has 0 saturated heterocycles. The standard InChI is InChI=1S/C8H8ClN/c1-3-7-5-10-8(9)4-6(7)2/h3-5H,1H2,2H3. The van der Waals surface area contributed by atoms with Crippen LogP contribution in [0.5, 0.6) is 0 Å². The Morgan fingerprint density at radius 3 is 2.90 bits per heavy atom. The smallest absolute Gasteiger partial charge is 0.129 e. The van der Waals surface area contributed by atoms with E-state index in [-0.39, 0.29) is 0 Å². The van der Waals surface area contributed by atoms with Crippen LogP contribution in [0.15, 0.2) is 18.8 Å². The van der Waals surface area contributed by atoms with E-state index in [1.54, 1.807) is 12.3 Å². The van der Waals surface area contributed by atoms with Gasteiger partial charge in [0.2, 0.25) is 0 Å². The van der Waals surface area contributed by atoms with Gasteiger partial charge in [-0.05, 0) is 24.1 Å². The molecule has 0 fully saturated rings. The minimum atomic E-state index is 0.531. The molecule has 10 heavy (non-hydrogen) atoms. The first-order chi connectivity index (χ1) is 4.74. The molecule has 0 atom stereocenters. The highest BCUT2D eigenvalue weighted by Crippen LogP contribution is 2.12. The SMILES string of the molecule is C=Cc1cnc(Cl)cc1C. The van der Waals surface area contributed by atoms with Gasteiger partial charge >= 0.3 is 0 Å². The lowest BCUT2D eigenvalue weighted by atomic mass is 10.2. The molecule has 0 bridgehead atoms. The van der Waals surface area contributed by atoms with E-state index in [9.17, 15) is 0 Å². The van der Waals surface area contributed by atoms with Crippen LogP contribution in [0.1, 0.15) is 11.1 Å². The molecule has 1 heterocycles. The number of pyridine rings is 1. The van der Waals surface area contributed by atoms with Gasteiger partial charge in [-0.1, -0.05) is 24.3 Å². The number of rotatable bonds is 1.